The van der Waals surface area contributed by atoms with Crippen molar-refractivity contribution in [2.45, 2.75) is 289 Å². The zero-order valence-electron chi connectivity index (χ0n) is 36.6. The third kappa shape index (κ3) is 37.8. The topological polar surface area (TPSA) is 95.9 Å². The van der Waals surface area contributed by atoms with Crippen molar-refractivity contribution < 1.29 is 24.5 Å². The van der Waals surface area contributed by atoms with E-state index in [0.29, 0.717) is 19.3 Å². The molecule has 3 atom stereocenters. The third-order valence-electron chi connectivity index (χ3n) is 11.4. The number of amides is 1. The van der Waals surface area contributed by atoms with Crippen molar-refractivity contribution >= 4 is 11.9 Å². The average Bonchev–Trinajstić information content (AvgIpc) is 3.16. The maximum Gasteiger partial charge on any atom is 0.306 e. The van der Waals surface area contributed by atoms with Crippen LogP contribution >= 0.6 is 0 Å². The fourth-order valence-corrected chi connectivity index (χ4v) is 7.73. The fourth-order valence-electron chi connectivity index (χ4n) is 7.73. The molecule has 0 rings (SSSR count). The molecule has 0 aliphatic carbocycles. The lowest BCUT2D eigenvalue weighted by atomic mass is 10.0. The minimum Gasteiger partial charge on any atom is -0.462 e. The van der Waals surface area contributed by atoms with Crippen LogP contribution in [-0.2, 0) is 14.3 Å². The zero-order chi connectivity index (χ0) is 39.6. The molecule has 0 fully saturated rings. The highest BCUT2D eigenvalue weighted by Gasteiger charge is 2.24. The first-order valence-electron chi connectivity index (χ1n) is 24.3. The molecule has 0 aromatic rings. The van der Waals surface area contributed by atoms with Gasteiger partial charge < -0.3 is 20.3 Å². The summed E-state index contributed by atoms with van der Waals surface area (Å²) in [5, 5.41) is 23.6. The summed E-state index contributed by atoms with van der Waals surface area (Å²) in [5.74, 6) is -0.461. The van der Waals surface area contributed by atoms with Crippen LogP contribution in [0.15, 0.2) is 0 Å². The van der Waals surface area contributed by atoms with Crippen molar-refractivity contribution in [3.63, 3.8) is 0 Å². The Morgan fingerprint density at radius 2 is 0.778 bits per heavy atom. The Bertz CT molecular complexity index is 776. The zero-order valence-corrected chi connectivity index (χ0v) is 36.6. The van der Waals surface area contributed by atoms with Crippen molar-refractivity contribution in [2.24, 2.45) is 0 Å². The number of aliphatic hydroxyl groups is 2. The molecule has 0 saturated carbocycles. The molecule has 3 unspecified atom stereocenters. The van der Waals surface area contributed by atoms with E-state index in [4.69, 9.17) is 4.74 Å². The molecule has 322 valence electrons. The summed E-state index contributed by atoms with van der Waals surface area (Å²) in [6.07, 6.45) is 44.7. The molecule has 3 N–H and O–H groups in total. The lowest BCUT2D eigenvalue weighted by Gasteiger charge is -2.24. The van der Waals surface area contributed by atoms with Gasteiger partial charge in [-0.1, -0.05) is 233 Å². The number of nitrogens with one attached hydrogen (secondary N) is 1. The molecule has 0 spiro atoms. The van der Waals surface area contributed by atoms with E-state index in [0.717, 1.165) is 38.5 Å². The van der Waals surface area contributed by atoms with E-state index in [1.807, 2.05) is 0 Å². The van der Waals surface area contributed by atoms with Gasteiger partial charge in [0.1, 0.15) is 6.10 Å². The largest absolute Gasteiger partial charge is 0.462 e. The molecular weight excluding hydrogens is 671 g/mol. The summed E-state index contributed by atoms with van der Waals surface area (Å²) in [6, 6.07) is -0.689. The molecule has 54 heavy (non-hydrogen) atoms. The van der Waals surface area contributed by atoms with Crippen molar-refractivity contribution in [3.05, 3.63) is 0 Å². The second-order valence-electron chi connectivity index (χ2n) is 16.9. The smallest absolute Gasteiger partial charge is 0.306 e. The molecule has 0 radical (unpaired) electrons. The molecule has 6 nitrogen and oxygen atoms in total. The van der Waals surface area contributed by atoms with Crippen LogP contribution in [0.5, 0.6) is 0 Å². The summed E-state index contributed by atoms with van der Waals surface area (Å²) in [5.41, 5.74) is 0. The normalized spacial score (nSPS) is 13.2. The van der Waals surface area contributed by atoms with Gasteiger partial charge in [0.25, 0.3) is 0 Å². The Morgan fingerprint density at radius 3 is 1.13 bits per heavy atom. The second-order valence-corrected chi connectivity index (χ2v) is 16.9. The summed E-state index contributed by atoms with van der Waals surface area (Å²) in [6.45, 7) is 6.46. The molecule has 0 saturated heterocycles. The van der Waals surface area contributed by atoms with Gasteiger partial charge in [-0.2, -0.15) is 0 Å². The summed E-state index contributed by atoms with van der Waals surface area (Å²) in [7, 11) is 0. The lowest BCUT2D eigenvalue weighted by Crippen LogP contribution is -2.46. The monoisotopic (exact) mass is 766 g/mol. The van der Waals surface area contributed by atoms with E-state index in [2.05, 4.69) is 26.1 Å². The van der Waals surface area contributed by atoms with Crippen molar-refractivity contribution in [1.82, 2.24) is 5.32 Å². The fraction of sp³-hybridized carbons (Fsp3) is 0.958. The Morgan fingerprint density at radius 1 is 0.463 bits per heavy atom. The predicted octanol–water partition coefficient (Wildman–Crippen LogP) is 14.0. The standard InChI is InChI=1S/C48H95NO5/c1-4-7-10-13-16-18-20-21-22-23-24-25-26-27-29-32-35-38-41-48(53)54-44(39-36-33-30-15-12-9-6-3)42-47(52)49-45(43-50)46(51)40-37-34-31-28-19-17-14-11-8-5-2/h44-46,50-51H,4-43H2,1-3H3,(H,49,52). The van der Waals surface area contributed by atoms with Crippen LogP contribution < -0.4 is 5.32 Å². The van der Waals surface area contributed by atoms with Crippen LogP contribution in [-0.4, -0.2) is 46.9 Å². The van der Waals surface area contributed by atoms with Crippen LogP contribution in [0.4, 0.5) is 0 Å². The van der Waals surface area contributed by atoms with Crippen molar-refractivity contribution in [1.29, 1.82) is 0 Å². The molecule has 0 aromatic carbocycles. The molecule has 0 aliphatic rings. The van der Waals surface area contributed by atoms with Crippen LogP contribution in [0, 0.1) is 0 Å². The Kier molecular flexibility index (Phi) is 42.1. The number of hydrogen-bond acceptors (Lipinski definition) is 5. The Balaban J connectivity index is 4.30. The highest BCUT2D eigenvalue weighted by molar-refractivity contribution is 5.77. The van der Waals surface area contributed by atoms with Crippen LogP contribution in [0.25, 0.3) is 0 Å². The maximum absolute atomic E-state index is 13.1. The van der Waals surface area contributed by atoms with E-state index < -0.39 is 18.2 Å². The van der Waals surface area contributed by atoms with E-state index in [1.54, 1.807) is 0 Å². The first-order valence-corrected chi connectivity index (χ1v) is 24.3. The van der Waals surface area contributed by atoms with Gasteiger partial charge in [0.05, 0.1) is 25.2 Å². The van der Waals surface area contributed by atoms with Crippen molar-refractivity contribution in [2.75, 3.05) is 6.61 Å². The van der Waals surface area contributed by atoms with E-state index >= 15 is 0 Å². The highest BCUT2D eigenvalue weighted by atomic mass is 16.5. The second kappa shape index (κ2) is 43.0. The SMILES string of the molecule is CCCCCCCCCCCCCCCCCCCCC(=O)OC(CCCCCCCCC)CC(=O)NC(CO)C(O)CCCCCCCCCCCC. The van der Waals surface area contributed by atoms with Gasteiger partial charge in [0, 0.05) is 6.42 Å². The van der Waals surface area contributed by atoms with E-state index in [9.17, 15) is 19.8 Å². The number of hydrogen-bond donors (Lipinski definition) is 3. The molecule has 0 aromatic heterocycles. The summed E-state index contributed by atoms with van der Waals surface area (Å²) in [4.78, 5) is 25.9. The highest BCUT2D eigenvalue weighted by Crippen LogP contribution is 2.18. The minimum atomic E-state index is -0.776. The quantitative estimate of drug-likeness (QED) is 0.0424. The molecule has 0 bridgehead atoms. The minimum absolute atomic E-state index is 0.0855. The Hall–Kier alpha value is -1.14. The third-order valence-corrected chi connectivity index (χ3v) is 11.4. The van der Waals surface area contributed by atoms with Gasteiger partial charge in [-0.3, -0.25) is 9.59 Å². The molecule has 6 heteroatoms. The van der Waals surface area contributed by atoms with Gasteiger partial charge >= 0.3 is 5.97 Å². The number of esters is 1. The lowest BCUT2D eigenvalue weighted by molar-refractivity contribution is -0.151. The van der Waals surface area contributed by atoms with Crippen molar-refractivity contribution in [3.8, 4) is 0 Å². The number of aliphatic hydroxyl groups excluding tert-OH is 2. The summed E-state index contributed by atoms with van der Waals surface area (Å²) < 4.78 is 5.89. The number of carbonyl (C=O) groups excluding carboxylic acids is 2. The number of rotatable bonds is 44. The Labute approximate surface area is 336 Å². The maximum atomic E-state index is 13.1. The molecule has 0 aliphatic heterocycles. The van der Waals surface area contributed by atoms with Gasteiger partial charge in [-0.25, -0.2) is 0 Å². The molecule has 0 heterocycles. The first kappa shape index (κ1) is 52.9. The first-order chi connectivity index (χ1) is 26.5. The number of unbranched alkanes of at least 4 members (excludes halogenated alkanes) is 32. The number of ether oxygens (including phenoxy) is 1. The average molecular weight is 766 g/mol. The van der Waals surface area contributed by atoms with Gasteiger partial charge in [0.2, 0.25) is 5.91 Å². The van der Waals surface area contributed by atoms with Gasteiger partial charge in [-0.05, 0) is 25.7 Å². The molecule has 1 amide bonds. The molecular formula is C48H95NO5. The van der Waals surface area contributed by atoms with E-state index in [1.165, 1.54) is 186 Å². The predicted molar refractivity (Wildman–Crippen MR) is 232 cm³/mol. The number of carbonyl (C=O) groups is 2. The van der Waals surface area contributed by atoms with Gasteiger partial charge in [0.15, 0.2) is 0 Å². The van der Waals surface area contributed by atoms with Gasteiger partial charge in [-0.15, -0.1) is 0 Å². The van der Waals surface area contributed by atoms with E-state index in [-0.39, 0.29) is 24.9 Å². The van der Waals surface area contributed by atoms with Crippen LogP contribution in [0.1, 0.15) is 271 Å². The van der Waals surface area contributed by atoms with Crippen LogP contribution in [0.3, 0.4) is 0 Å². The van der Waals surface area contributed by atoms with Crippen LogP contribution in [0.2, 0.25) is 0 Å². The summed E-state index contributed by atoms with van der Waals surface area (Å²) >= 11 is 0.